The van der Waals surface area contributed by atoms with Crippen LogP contribution in [0.1, 0.15) is 13.8 Å². The largest absolute Gasteiger partial charge is 0.479 e. The van der Waals surface area contributed by atoms with E-state index in [4.69, 9.17) is 4.74 Å². The van der Waals surface area contributed by atoms with Crippen LogP contribution in [-0.4, -0.2) is 26.5 Å². The van der Waals surface area contributed by atoms with Gasteiger partial charge >= 0.3 is 0 Å². The van der Waals surface area contributed by atoms with Crippen LogP contribution in [0.5, 0.6) is 5.75 Å². The number of aromatic nitrogens is 3. The SMILES string of the molecule is CCn1c(NC(=O)C(C)Oc2cccnc2)nc2ccccc21. The number of fused-ring (bicyclic) bond motifs is 1. The van der Waals surface area contributed by atoms with E-state index in [0.717, 1.165) is 11.0 Å². The summed E-state index contributed by atoms with van der Waals surface area (Å²) in [7, 11) is 0. The number of hydrogen-bond donors (Lipinski definition) is 1. The summed E-state index contributed by atoms with van der Waals surface area (Å²) in [4.78, 5) is 20.8. The number of ether oxygens (including phenoxy) is 1. The molecular weight excluding hydrogens is 292 g/mol. The average Bonchev–Trinajstić information content (AvgIpc) is 2.92. The van der Waals surface area contributed by atoms with Gasteiger partial charge in [0, 0.05) is 12.7 Å². The number of nitrogens with zero attached hydrogens (tertiary/aromatic N) is 3. The zero-order valence-electron chi connectivity index (χ0n) is 13.1. The lowest BCUT2D eigenvalue weighted by atomic mass is 10.3. The summed E-state index contributed by atoms with van der Waals surface area (Å²) in [6, 6.07) is 11.3. The summed E-state index contributed by atoms with van der Waals surface area (Å²) in [6.07, 6.45) is 2.58. The van der Waals surface area contributed by atoms with Gasteiger partial charge in [-0.25, -0.2) is 4.98 Å². The molecule has 6 heteroatoms. The molecule has 0 fully saturated rings. The fourth-order valence-corrected chi connectivity index (χ4v) is 2.38. The lowest BCUT2D eigenvalue weighted by Gasteiger charge is -2.14. The quantitative estimate of drug-likeness (QED) is 0.787. The van der Waals surface area contributed by atoms with E-state index in [1.165, 1.54) is 0 Å². The molecule has 0 aliphatic rings. The molecule has 0 spiro atoms. The van der Waals surface area contributed by atoms with Crippen molar-refractivity contribution in [3.05, 3.63) is 48.8 Å². The lowest BCUT2D eigenvalue weighted by molar-refractivity contribution is -0.122. The second-order valence-corrected chi connectivity index (χ2v) is 5.11. The van der Waals surface area contributed by atoms with Crippen LogP contribution in [-0.2, 0) is 11.3 Å². The third kappa shape index (κ3) is 3.15. The van der Waals surface area contributed by atoms with E-state index in [0.29, 0.717) is 18.2 Å². The van der Waals surface area contributed by atoms with Gasteiger partial charge in [-0.15, -0.1) is 0 Å². The maximum absolute atomic E-state index is 12.4. The Kier molecular flexibility index (Phi) is 4.23. The minimum atomic E-state index is -0.649. The number of rotatable bonds is 5. The molecule has 3 rings (SSSR count). The maximum Gasteiger partial charge on any atom is 0.267 e. The number of carbonyl (C=O) groups excluding carboxylic acids is 1. The van der Waals surface area contributed by atoms with Crippen molar-refractivity contribution in [2.75, 3.05) is 5.32 Å². The second kappa shape index (κ2) is 6.48. The summed E-state index contributed by atoms with van der Waals surface area (Å²) in [5.74, 6) is 0.832. The van der Waals surface area contributed by atoms with Gasteiger partial charge in [-0.2, -0.15) is 0 Å². The van der Waals surface area contributed by atoms with Gasteiger partial charge in [-0.05, 0) is 38.1 Å². The normalized spacial score (nSPS) is 12.1. The van der Waals surface area contributed by atoms with Crippen LogP contribution in [0, 0.1) is 0 Å². The first-order valence-electron chi connectivity index (χ1n) is 7.52. The minimum absolute atomic E-state index is 0.251. The molecule has 0 saturated carbocycles. The minimum Gasteiger partial charge on any atom is -0.479 e. The molecular formula is C17H18N4O2. The van der Waals surface area contributed by atoms with Crippen molar-refractivity contribution < 1.29 is 9.53 Å². The summed E-state index contributed by atoms with van der Waals surface area (Å²) >= 11 is 0. The number of benzene rings is 1. The predicted molar refractivity (Wildman–Crippen MR) is 88.4 cm³/mol. The Bertz CT molecular complexity index is 814. The van der Waals surface area contributed by atoms with Gasteiger partial charge in [-0.1, -0.05) is 12.1 Å². The third-order valence-corrected chi connectivity index (χ3v) is 3.52. The molecule has 23 heavy (non-hydrogen) atoms. The first-order valence-corrected chi connectivity index (χ1v) is 7.52. The molecule has 1 unspecified atom stereocenters. The van der Waals surface area contributed by atoms with Crippen molar-refractivity contribution >= 4 is 22.9 Å². The standard InChI is InChI=1S/C17H18N4O2/c1-3-21-15-9-5-4-8-14(15)19-17(21)20-16(22)12(2)23-13-7-6-10-18-11-13/h4-12H,3H2,1-2H3,(H,19,20,22). The monoisotopic (exact) mass is 310 g/mol. The van der Waals surface area contributed by atoms with Gasteiger partial charge in [0.15, 0.2) is 6.10 Å². The summed E-state index contributed by atoms with van der Waals surface area (Å²) in [5, 5.41) is 2.84. The Hall–Kier alpha value is -2.89. The highest BCUT2D eigenvalue weighted by Gasteiger charge is 2.18. The molecule has 1 amide bonds. The van der Waals surface area contributed by atoms with E-state index in [1.807, 2.05) is 35.8 Å². The van der Waals surface area contributed by atoms with Crippen molar-refractivity contribution in [2.24, 2.45) is 0 Å². The van der Waals surface area contributed by atoms with Crippen molar-refractivity contribution in [3.8, 4) is 5.75 Å². The Morgan fingerprint density at radius 3 is 2.87 bits per heavy atom. The number of imidazole rings is 1. The van der Waals surface area contributed by atoms with Crippen LogP contribution in [0.15, 0.2) is 48.8 Å². The maximum atomic E-state index is 12.4. The highest BCUT2D eigenvalue weighted by Crippen LogP contribution is 2.19. The van der Waals surface area contributed by atoms with Crippen LogP contribution in [0.3, 0.4) is 0 Å². The molecule has 0 saturated heterocycles. The number of pyridine rings is 1. The second-order valence-electron chi connectivity index (χ2n) is 5.11. The number of carbonyl (C=O) groups is 1. The van der Waals surface area contributed by atoms with Gasteiger partial charge in [0.2, 0.25) is 5.95 Å². The number of anilines is 1. The van der Waals surface area contributed by atoms with Crippen LogP contribution in [0.4, 0.5) is 5.95 Å². The van der Waals surface area contributed by atoms with E-state index in [9.17, 15) is 4.79 Å². The number of nitrogens with one attached hydrogen (secondary N) is 1. The van der Waals surface area contributed by atoms with Gasteiger partial charge in [0.25, 0.3) is 5.91 Å². The highest BCUT2D eigenvalue weighted by molar-refractivity contribution is 5.94. The molecule has 2 heterocycles. The summed E-state index contributed by atoms with van der Waals surface area (Å²) in [5.41, 5.74) is 1.84. The number of aryl methyl sites for hydroxylation is 1. The molecule has 6 nitrogen and oxygen atoms in total. The van der Waals surface area contributed by atoms with Gasteiger partial charge < -0.3 is 9.30 Å². The zero-order chi connectivity index (χ0) is 16.2. The molecule has 1 atom stereocenters. The number of hydrogen-bond acceptors (Lipinski definition) is 4. The van der Waals surface area contributed by atoms with Gasteiger partial charge in [-0.3, -0.25) is 15.1 Å². The topological polar surface area (TPSA) is 69.0 Å². The van der Waals surface area contributed by atoms with E-state index in [-0.39, 0.29) is 5.91 Å². The van der Waals surface area contributed by atoms with Crippen LogP contribution >= 0.6 is 0 Å². The molecule has 1 N–H and O–H groups in total. The molecule has 118 valence electrons. The Morgan fingerprint density at radius 1 is 1.30 bits per heavy atom. The van der Waals surface area contributed by atoms with Crippen molar-refractivity contribution in [1.29, 1.82) is 0 Å². The average molecular weight is 310 g/mol. The summed E-state index contributed by atoms with van der Waals surface area (Å²) < 4.78 is 7.55. The Labute approximate surface area is 134 Å². The lowest BCUT2D eigenvalue weighted by Crippen LogP contribution is -2.31. The molecule has 0 aliphatic carbocycles. The van der Waals surface area contributed by atoms with E-state index < -0.39 is 6.10 Å². The van der Waals surface area contributed by atoms with E-state index in [1.54, 1.807) is 31.5 Å². The van der Waals surface area contributed by atoms with Crippen LogP contribution < -0.4 is 10.1 Å². The van der Waals surface area contributed by atoms with Crippen LogP contribution in [0.25, 0.3) is 11.0 Å². The number of amides is 1. The first-order chi connectivity index (χ1) is 11.2. The molecule has 0 radical (unpaired) electrons. The highest BCUT2D eigenvalue weighted by atomic mass is 16.5. The molecule has 0 aliphatic heterocycles. The predicted octanol–water partition coefficient (Wildman–Crippen LogP) is 2.86. The van der Waals surface area contributed by atoms with Gasteiger partial charge in [0.05, 0.1) is 17.2 Å². The van der Waals surface area contributed by atoms with Crippen molar-refractivity contribution in [3.63, 3.8) is 0 Å². The molecule has 0 bridgehead atoms. The van der Waals surface area contributed by atoms with E-state index >= 15 is 0 Å². The molecule has 2 aromatic heterocycles. The zero-order valence-corrected chi connectivity index (χ0v) is 13.1. The van der Waals surface area contributed by atoms with E-state index in [2.05, 4.69) is 15.3 Å². The Morgan fingerprint density at radius 2 is 2.13 bits per heavy atom. The van der Waals surface area contributed by atoms with Crippen molar-refractivity contribution in [2.45, 2.75) is 26.5 Å². The summed E-state index contributed by atoms with van der Waals surface area (Å²) in [6.45, 7) is 4.43. The fraction of sp³-hybridized carbons (Fsp3) is 0.235. The Balaban J connectivity index is 1.77. The molecule has 1 aromatic carbocycles. The fourth-order valence-electron chi connectivity index (χ4n) is 2.38. The third-order valence-electron chi connectivity index (χ3n) is 3.52. The smallest absolute Gasteiger partial charge is 0.267 e. The van der Waals surface area contributed by atoms with Crippen LogP contribution in [0.2, 0.25) is 0 Å². The van der Waals surface area contributed by atoms with Crippen molar-refractivity contribution in [1.82, 2.24) is 14.5 Å². The first kappa shape index (κ1) is 15.0. The number of para-hydroxylation sites is 2. The molecule has 3 aromatic rings. The van der Waals surface area contributed by atoms with Gasteiger partial charge in [0.1, 0.15) is 5.75 Å².